The highest BCUT2D eigenvalue weighted by Gasteiger charge is 2.72. The molecule has 5 aliphatic rings. The Morgan fingerprint density at radius 1 is 1.32 bits per heavy atom. The molecule has 5 heteroatoms. The zero-order chi connectivity index (χ0) is 17.0. The molecule has 2 heterocycles. The molecule has 3 aliphatic carbocycles. The SMILES string of the molecule is N[C@@]12CCC(=O)[C@@H]3Oc4c(O)ccc5c4[C@@]31CCN(CC1CC1)[C@@H]2C5. The minimum Gasteiger partial charge on any atom is -0.504 e. The van der Waals surface area contributed by atoms with Crippen LogP contribution in [0.1, 0.15) is 43.2 Å². The number of carbonyl (C=O) groups is 1. The maximum absolute atomic E-state index is 12.8. The van der Waals surface area contributed by atoms with E-state index >= 15 is 0 Å². The van der Waals surface area contributed by atoms with Gasteiger partial charge in [0.2, 0.25) is 0 Å². The molecule has 132 valence electrons. The van der Waals surface area contributed by atoms with Gasteiger partial charge in [-0.05, 0) is 56.2 Å². The van der Waals surface area contributed by atoms with E-state index in [0.29, 0.717) is 12.2 Å². The molecule has 5 nitrogen and oxygen atoms in total. The Labute approximate surface area is 147 Å². The van der Waals surface area contributed by atoms with Crippen molar-refractivity contribution in [3.05, 3.63) is 23.3 Å². The van der Waals surface area contributed by atoms with Gasteiger partial charge in [0.25, 0.3) is 0 Å². The van der Waals surface area contributed by atoms with E-state index in [1.807, 2.05) is 6.07 Å². The maximum atomic E-state index is 12.8. The summed E-state index contributed by atoms with van der Waals surface area (Å²) in [6.45, 7) is 2.11. The lowest BCUT2D eigenvalue weighted by molar-refractivity contribution is -0.141. The second-order valence-corrected chi connectivity index (χ2v) is 8.83. The topological polar surface area (TPSA) is 75.8 Å². The van der Waals surface area contributed by atoms with Crippen molar-refractivity contribution in [2.45, 2.75) is 61.6 Å². The first kappa shape index (κ1) is 14.6. The van der Waals surface area contributed by atoms with Gasteiger partial charge in [-0.25, -0.2) is 0 Å². The van der Waals surface area contributed by atoms with Crippen LogP contribution < -0.4 is 10.5 Å². The number of carbonyl (C=O) groups excluding carboxylic acids is 1. The van der Waals surface area contributed by atoms with Crippen molar-refractivity contribution >= 4 is 5.78 Å². The monoisotopic (exact) mass is 340 g/mol. The fraction of sp³-hybridized carbons (Fsp3) is 0.650. The normalized spacial score (nSPS) is 41.4. The summed E-state index contributed by atoms with van der Waals surface area (Å²) in [5, 5.41) is 10.4. The van der Waals surface area contributed by atoms with Gasteiger partial charge in [0.05, 0.1) is 5.41 Å². The number of phenolic OH excluding ortho intramolecular Hbond substituents is 1. The van der Waals surface area contributed by atoms with Gasteiger partial charge in [0.15, 0.2) is 23.4 Å². The van der Waals surface area contributed by atoms with Crippen LogP contribution in [0.5, 0.6) is 11.5 Å². The third-order valence-electron chi connectivity index (χ3n) is 7.69. The number of nitrogens with zero attached hydrogens (tertiary/aromatic N) is 1. The molecule has 0 radical (unpaired) electrons. The van der Waals surface area contributed by atoms with E-state index in [0.717, 1.165) is 43.8 Å². The second kappa shape index (κ2) is 4.38. The van der Waals surface area contributed by atoms with E-state index in [1.165, 1.54) is 18.4 Å². The van der Waals surface area contributed by atoms with Crippen LogP contribution in [-0.2, 0) is 16.6 Å². The number of likely N-dealkylation sites (tertiary alicyclic amines) is 1. The number of benzene rings is 1. The van der Waals surface area contributed by atoms with Gasteiger partial charge in [-0.2, -0.15) is 0 Å². The number of rotatable bonds is 2. The van der Waals surface area contributed by atoms with Gasteiger partial charge >= 0.3 is 0 Å². The van der Waals surface area contributed by atoms with E-state index in [4.69, 9.17) is 10.5 Å². The molecule has 2 bridgehead atoms. The van der Waals surface area contributed by atoms with Crippen molar-refractivity contribution in [1.29, 1.82) is 0 Å². The molecule has 1 aromatic rings. The number of Topliss-reactive ketones (excluding diaryl/α,β-unsaturated/α-hetero) is 1. The first-order valence-electron chi connectivity index (χ1n) is 9.62. The fourth-order valence-electron chi connectivity index (χ4n) is 6.37. The Morgan fingerprint density at radius 2 is 2.16 bits per heavy atom. The van der Waals surface area contributed by atoms with Crippen LogP contribution in [0.3, 0.4) is 0 Å². The van der Waals surface area contributed by atoms with Gasteiger partial charge in [-0.3, -0.25) is 9.69 Å². The number of hydrogen-bond donors (Lipinski definition) is 2. The van der Waals surface area contributed by atoms with Gasteiger partial charge in [0, 0.05) is 30.1 Å². The fourth-order valence-corrected chi connectivity index (χ4v) is 6.37. The molecular formula is C20H24N2O3. The quantitative estimate of drug-likeness (QED) is 0.853. The average molecular weight is 340 g/mol. The third kappa shape index (κ3) is 1.56. The highest BCUT2D eigenvalue weighted by Crippen LogP contribution is 2.64. The van der Waals surface area contributed by atoms with Crippen LogP contribution in [0.2, 0.25) is 0 Å². The number of ether oxygens (including phenoxy) is 1. The van der Waals surface area contributed by atoms with E-state index in [-0.39, 0.29) is 17.6 Å². The van der Waals surface area contributed by atoms with E-state index in [9.17, 15) is 9.90 Å². The summed E-state index contributed by atoms with van der Waals surface area (Å²) >= 11 is 0. The van der Waals surface area contributed by atoms with Crippen molar-refractivity contribution in [2.75, 3.05) is 13.1 Å². The minimum atomic E-state index is -0.515. The van der Waals surface area contributed by atoms with E-state index < -0.39 is 17.1 Å². The number of hydrogen-bond acceptors (Lipinski definition) is 5. The zero-order valence-electron chi connectivity index (χ0n) is 14.3. The Kier molecular flexibility index (Phi) is 2.55. The van der Waals surface area contributed by atoms with Crippen molar-refractivity contribution in [1.82, 2.24) is 4.90 Å². The van der Waals surface area contributed by atoms with Crippen molar-refractivity contribution in [3.63, 3.8) is 0 Å². The van der Waals surface area contributed by atoms with E-state index in [1.54, 1.807) is 6.07 Å². The van der Waals surface area contributed by atoms with Crippen LogP contribution >= 0.6 is 0 Å². The molecule has 2 aliphatic heterocycles. The van der Waals surface area contributed by atoms with Crippen LogP contribution in [0.25, 0.3) is 0 Å². The number of piperidine rings is 1. The Balaban J connectivity index is 1.58. The molecule has 2 saturated carbocycles. The van der Waals surface area contributed by atoms with Gasteiger partial charge in [0.1, 0.15) is 0 Å². The maximum Gasteiger partial charge on any atom is 0.174 e. The van der Waals surface area contributed by atoms with Crippen molar-refractivity contribution < 1.29 is 14.6 Å². The number of phenols is 1. The van der Waals surface area contributed by atoms with Gasteiger partial charge in [-0.1, -0.05) is 6.07 Å². The third-order valence-corrected chi connectivity index (χ3v) is 7.69. The Hall–Kier alpha value is -1.59. The molecule has 3 N–H and O–H groups in total. The molecule has 1 saturated heterocycles. The van der Waals surface area contributed by atoms with E-state index in [2.05, 4.69) is 4.90 Å². The standard InChI is InChI=1S/C20H24N2O3/c21-20-6-5-14(24)18-19(20)7-8-22(10-11-1-2-11)15(20)9-12-3-4-13(23)17(25-18)16(12)19/h3-4,11,15,18,23H,1-2,5-10,21H2/t15-,18+,19+,20-/m1/s1. The van der Waals surface area contributed by atoms with Crippen molar-refractivity contribution in [3.8, 4) is 11.5 Å². The summed E-state index contributed by atoms with van der Waals surface area (Å²) in [6, 6.07) is 4.01. The lowest BCUT2D eigenvalue weighted by Gasteiger charge is -2.63. The minimum absolute atomic E-state index is 0.150. The predicted molar refractivity (Wildman–Crippen MR) is 91.8 cm³/mol. The zero-order valence-corrected chi connectivity index (χ0v) is 14.3. The van der Waals surface area contributed by atoms with Gasteiger partial charge < -0.3 is 15.6 Å². The molecule has 1 aromatic carbocycles. The first-order valence-corrected chi connectivity index (χ1v) is 9.62. The summed E-state index contributed by atoms with van der Waals surface area (Å²) in [4.78, 5) is 15.4. The molecule has 0 aromatic heterocycles. The lowest BCUT2D eigenvalue weighted by atomic mass is 9.47. The number of nitrogens with two attached hydrogens (primary N) is 1. The Morgan fingerprint density at radius 3 is 2.96 bits per heavy atom. The smallest absolute Gasteiger partial charge is 0.174 e. The summed E-state index contributed by atoms with van der Waals surface area (Å²) in [5.41, 5.74) is 8.57. The van der Waals surface area contributed by atoms with Gasteiger partial charge in [-0.15, -0.1) is 0 Å². The molecule has 3 fully saturated rings. The first-order chi connectivity index (χ1) is 12.0. The average Bonchev–Trinajstić information content (AvgIpc) is 3.32. The molecule has 0 unspecified atom stereocenters. The highest BCUT2D eigenvalue weighted by atomic mass is 16.5. The number of aromatic hydroxyl groups is 1. The largest absolute Gasteiger partial charge is 0.504 e. The molecule has 0 amide bonds. The molecule has 25 heavy (non-hydrogen) atoms. The molecule has 6 rings (SSSR count). The highest BCUT2D eigenvalue weighted by molar-refractivity contribution is 5.90. The van der Waals surface area contributed by atoms with Crippen LogP contribution in [0.15, 0.2) is 12.1 Å². The van der Waals surface area contributed by atoms with Crippen LogP contribution in [0, 0.1) is 5.92 Å². The molecular weight excluding hydrogens is 316 g/mol. The summed E-state index contributed by atoms with van der Waals surface area (Å²) in [7, 11) is 0. The Bertz CT molecular complexity index is 804. The summed E-state index contributed by atoms with van der Waals surface area (Å²) in [5.74, 6) is 1.66. The predicted octanol–water partition coefficient (Wildman–Crippen LogP) is 1.49. The van der Waals surface area contributed by atoms with Crippen LogP contribution in [-0.4, -0.2) is 46.6 Å². The van der Waals surface area contributed by atoms with Crippen LogP contribution in [0.4, 0.5) is 0 Å². The number of ketones is 1. The van der Waals surface area contributed by atoms with Crippen molar-refractivity contribution in [2.24, 2.45) is 11.7 Å². The lowest BCUT2D eigenvalue weighted by Crippen LogP contribution is -2.80. The second-order valence-electron chi connectivity index (χ2n) is 8.83. The summed E-state index contributed by atoms with van der Waals surface area (Å²) in [6.07, 6.45) is 5.13. The molecule has 1 spiro atoms. The molecule has 4 atom stereocenters. The summed E-state index contributed by atoms with van der Waals surface area (Å²) < 4.78 is 6.12.